The highest BCUT2D eigenvalue weighted by atomic mass is 19.1. The van der Waals surface area contributed by atoms with Gasteiger partial charge in [-0.2, -0.15) is 0 Å². The molecule has 0 heterocycles. The number of hydrogen-bond acceptors (Lipinski definition) is 3. The third kappa shape index (κ3) is 3.65. The van der Waals surface area contributed by atoms with E-state index in [1.807, 2.05) is 0 Å². The van der Waals surface area contributed by atoms with Crippen LogP contribution < -0.4 is 5.32 Å². The summed E-state index contributed by atoms with van der Waals surface area (Å²) in [5.41, 5.74) is -0.186. The summed E-state index contributed by atoms with van der Waals surface area (Å²) in [6, 6.07) is 3.93. The first-order valence-corrected chi connectivity index (χ1v) is 5.19. The van der Waals surface area contributed by atoms with Gasteiger partial charge in [-0.15, -0.1) is 0 Å². The smallest absolute Gasteiger partial charge is 0.326 e. The fourth-order valence-electron chi connectivity index (χ4n) is 1.43. The highest BCUT2D eigenvalue weighted by Gasteiger charge is 2.23. The maximum Gasteiger partial charge on any atom is 0.326 e. The predicted molar refractivity (Wildman–Crippen MR) is 60.6 cm³/mol. The third-order valence-corrected chi connectivity index (χ3v) is 2.24. The molecule has 0 bridgehead atoms. The molecular formula is C12H12FNO4. The minimum Gasteiger partial charge on any atom is -0.480 e. The van der Waals surface area contributed by atoms with E-state index in [0.717, 1.165) is 13.0 Å². The lowest BCUT2D eigenvalue weighted by molar-refractivity contribution is -0.141. The molecule has 0 aliphatic carbocycles. The number of halogens is 1. The van der Waals surface area contributed by atoms with Crippen molar-refractivity contribution in [3.8, 4) is 0 Å². The van der Waals surface area contributed by atoms with Gasteiger partial charge in [-0.1, -0.05) is 12.1 Å². The van der Waals surface area contributed by atoms with Crippen molar-refractivity contribution in [3.05, 3.63) is 35.6 Å². The van der Waals surface area contributed by atoms with Gasteiger partial charge in [-0.3, -0.25) is 9.59 Å². The predicted octanol–water partition coefficient (Wildman–Crippen LogP) is 0.988. The Hall–Kier alpha value is -2.24. The average Bonchev–Trinajstić information content (AvgIpc) is 2.27. The van der Waals surface area contributed by atoms with Gasteiger partial charge in [-0.05, 0) is 12.1 Å². The van der Waals surface area contributed by atoms with Gasteiger partial charge in [0.2, 0.25) is 5.91 Å². The molecule has 2 N–H and O–H groups in total. The Morgan fingerprint density at radius 3 is 2.44 bits per heavy atom. The Morgan fingerprint density at radius 1 is 1.33 bits per heavy atom. The summed E-state index contributed by atoms with van der Waals surface area (Å²) in [6.45, 7) is 1.14. The lowest BCUT2D eigenvalue weighted by atomic mass is 10.0. The first-order valence-electron chi connectivity index (χ1n) is 5.19. The topological polar surface area (TPSA) is 83.5 Å². The van der Waals surface area contributed by atoms with Gasteiger partial charge in [0.15, 0.2) is 5.78 Å². The van der Waals surface area contributed by atoms with Crippen molar-refractivity contribution in [1.29, 1.82) is 0 Å². The molecule has 0 saturated heterocycles. The molecule has 0 spiro atoms. The van der Waals surface area contributed by atoms with E-state index in [4.69, 9.17) is 5.11 Å². The first-order chi connectivity index (χ1) is 8.41. The van der Waals surface area contributed by atoms with Gasteiger partial charge >= 0.3 is 5.97 Å². The van der Waals surface area contributed by atoms with Crippen LogP contribution >= 0.6 is 0 Å². The van der Waals surface area contributed by atoms with Crippen molar-refractivity contribution in [1.82, 2.24) is 5.32 Å². The largest absolute Gasteiger partial charge is 0.480 e. The van der Waals surface area contributed by atoms with E-state index in [1.165, 1.54) is 18.2 Å². The monoisotopic (exact) mass is 253 g/mol. The van der Waals surface area contributed by atoms with Crippen LogP contribution in [0, 0.1) is 5.82 Å². The number of carboxylic acid groups (broad SMARTS) is 1. The molecule has 1 aromatic carbocycles. The minimum absolute atomic E-state index is 0.186. The maximum absolute atomic E-state index is 13.3. The van der Waals surface area contributed by atoms with Crippen LogP contribution in [0.4, 0.5) is 4.39 Å². The third-order valence-electron chi connectivity index (χ3n) is 2.24. The molecule has 0 fully saturated rings. The molecular weight excluding hydrogens is 241 g/mol. The zero-order valence-corrected chi connectivity index (χ0v) is 9.64. The van der Waals surface area contributed by atoms with Crippen molar-refractivity contribution >= 4 is 17.7 Å². The van der Waals surface area contributed by atoms with Crippen LogP contribution in [0.25, 0.3) is 0 Å². The summed E-state index contributed by atoms with van der Waals surface area (Å²) in [6.07, 6.45) is -0.490. The van der Waals surface area contributed by atoms with E-state index >= 15 is 0 Å². The number of benzene rings is 1. The SMILES string of the molecule is CC(=O)NC(CC(=O)c1ccccc1F)C(=O)O. The van der Waals surface area contributed by atoms with Gasteiger partial charge in [0.1, 0.15) is 11.9 Å². The van der Waals surface area contributed by atoms with Crippen molar-refractivity contribution in [2.75, 3.05) is 0 Å². The number of amides is 1. The Labute approximate surface area is 103 Å². The zero-order valence-electron chi connectivity index (χ0n) is 9.64. The van der Waals surface area contributed by atoms with E-state index < -0.39 is 35.9 Å². The zero-order chi connectivity index (χ0) is 13.7. The molecule has 0 radical (unpaired) electrons. The van der Waals surface area contributed by atoms with Crippen molar-refractivity contribution in [2.24, 2.45) is 0 Å². The fraction of sp³-hybridized carbons (Fsp3) is 0.250. The van der Waals surface area contributed by atoms with Crippen molar-refractivity contribution in [3.63, 3.8) is 0 Å². The number of nitrogens with one attached hydrogen (secondary N) is 1. The summed E-state index contributed by atoms with van der Waals surface area (Å²) < 4.78 is 13.3. The quantitative estimate of drug-likeness (QED) is 0.766. The molecule has 1 aromatic rings. The molecule has 1 rings (SSSR count). The van der Waals surface area contributed by atoms with Crippen LogP contribution in [-0.4, -0.2) is 28.8 Å². The van der Waals surface area contributed by atoms with Crippen LogP contribution in [0.5, 0.6) is 0 Å². The van der Waals surface area contributed by atoms with E-state index in [9.17, 15) is 18.8 Å². The second-order valence-electron chi connectivity index (χ2n) is 3.70. The number of carbonyl (C=O) groups excluding carboxylic acids is 2. The average molecular weight is 253 g/mol. The highest BCUT2D eigenvalue weighted by Crippen LogP contribution is 2.10. The Kier molecular flexibility index (Phi) is 4.53. The molecule has 0 aliphatic heterocycles. The standard InChI is InChI=1S/C12H12FNO4/c1-7(15)14-10(12(17)18)6-11(16)8-4-2-3-5-9(8)13/h2-5,10H,6H2,1H3,(H,14,15)(H,17,18). The lowest BCUT2D eigenvalue weighted by Gasteiger charge is -2.12. The lowest BCUT2D eigenvalue weighted by Crippen LogP contribution is -2.41. The molecule has 0 aliphatic rings. The summed E-state index contributed by atoms with van der Waals surface area (Å²) in [7, 11) is 0. The molecule has 0 saturated carbocycles. The van der Waals surface area contributed by atoms with Crippen LogP contribution in [0.15, 0.2) is 24.3 Å². The molecule has 1 amide bonds. The number of hydrogen-bond donors (Lipinski definition) is 2. The summed E-state index contributed by atoms with van der Waals surface area (Å²) in [4.78, 5) is 33.3. The van der Waals surface area contributed by atoms with Gasteiger partial charge in [-0.25, -0.2) is 9.18 Å². The Balaban J connectivity index is 2.82. The van der Waals surface area contributed by atoms with Gasteiger partial charge in [0.05, 0.1) is 5.56 Å². The normalized spacial score (nSPS) is 11.7. The van der Waals surface area contributed by atoms with E-state index in [-0.39, 0.29) is 5.56 Å². The molecule has 0 aromatic heterocycles. The van der Waals surface area contributed by atoms with Gasteiger partial charge < -0.3 is 10.4 Å². The van der Waals surface area contributed by atoms with Gasteiger partial charge in [0, 0.05) is 13.3 Å². The second kappa shape index (κ2) is 5.90. The Bertz CT molecular complexity index is 487. The summed E-state index contributed by atoms with van der Waals surface area (Å²) in [5.74, 6) is -3.29. The number of carboxylic acids is 1. The van der Waals surface area contributed by atoms with Crippen LogP contribution in [0.1, 0.15) is 23.7 Å². The number of rotatable bonds is 5. The number of carbonyl (C=O) groups is 3. The summed E-state index contributed by atoms with van der Waals surface area (Å²) in [5, 5.41) is 10.9. The van der Waals surface area contributed by atoms with Crippen molar-refractivity contribution in [2.45, 2.75) is 19.4 Å². The number of Topliss-reactive ketones (excluding diaryl/α,β-unsaturated/α-hetero) is 1. The number of ketones is 1. The van der Waals surface area contributed by atoms with Crippen LogP contribution in [-0.2, 0) is 9.59 Å². The fourth-order valence-corrected chi connectivity index (χ4v) is 1.43. The number of aliphatic carboxylic acids is 1. The molecule has 1 atom stereocenters. The minimum atomic E-state index is -1.35. The van der Waals surface area contributed by atoms with Gasteiger partial charge in [0.25, 0.3) is 0 Å². The first kappa shape index (κ1) is 13.8. The highest BCUT2D eigenvalue weighted by molar-refractivity contribution is 5.99. The van der Waals surface area contributed by atoms with Crippen LogP contribution in [0.2, 0.25) is 0 Å². The maximum atomic E-state index is 13.3. The Morgan fingerprint density at radius 2 is 1.94 bits per heavy atom. The molecule has 5 nitrogen and oxygen atoms in total. The molecule has 6 heteroatoms. The van der Waals surface area contributed by atoms with E-state index in [0.29, 0.717) is 0 Å². The summed E-state index contributed by atoms with van der Waals surface area (Å²) >= 11 is 0. The second-order valence-corrected chi connectivity index (χ2v) is 3.70. The molecule has 1 unspecified atom stereocenters. The van der Waals surface area contributed by atoms with E-state index in [1.54, 1.807) is 0 Å². The van der Waals surface area contributed by atoms with E-state index in [2.05, 4.69) is 5.32 Å². The molecule has 18 heavy (non-hydrogen) atoms. The molecule has 96 valence electrons. The van der Waals surface area contributed by atoms with Crippen molar-refractivity contribution < 1.29 is 23.9 Å². The van der Waals surface area contributed by atoms with Crippen LogP contribution in [0.3, 0.4) is 0 Å².